The second-order valence-electron chi connectivity index (χ2n) is 6.89. The van der Waals surface area contributed by atoms with Crippen LogP contribution in [0.1, 0.15) is 29.8 Å². The number of ether oxygens (including phenoxy) is 1. The van der Waals surface area contributed by atoms with Crippen molar-refractivity contribution < 1.29 is 14.3 Å². The zero-order chi connectivity index (χ0) is 20.8. The lowest BCUT2D eigenvalue weighted by atomic mass is 10.1. The molecule has 0 atom stereocenters. The smallest absolute Gasteiger partial charge is 0.306 e. The fraction of sp³-hybridized carbons (Fsp3) is 0.273. The van der Waals surface area contributed by atoms with Crippen LogP contribution in [0.3, 0.4) is 0 Å². The number of anilines is 1. The maximum absolute atomic E-state index is 12.0. The number of amides is 1. The summed E-state index contributed by atoms with van der Waals surface area (Å²) < 4.78 is 5.02. The van der Waals surface area contributed by atoms with Crippen LogP contribution in [-0.4, -0.2) is 28.5 Å². The van der Waals surface area contributed by atoms with Crippen molar-refractivity contribution in [1.29, 1.82) is 0 Å². The highest BCUT2D eigenvalue weighted by Gasteiger charge is 2.10. The van der Waals surface area contributed by atoms with Crippen molar-refractivity contribution in [3.63, 3.8) is 0 Å². The molecule has 0 aliphatic carbocycles. The molecule has 1 heterocycles. The summed E-state index contributed by atoms with van der Waals surface area (Å²) >= 11 is 0. The van der Waals surface area contributed by atoms with Crippen molar-refractivity contribution in [2.24, 2.45) is 0 Å². The third-order valence-electron chi connectivity index (χ3n) is 4.61. The third-order valence-corrected chi connectivity index (χ3v) is 4.61. The molecule has 150 valence electrons. The summed E-state index contributed by atoms with van der Waals surface area (Å²) in [6, 6.07) is 12.7. The molecule has 0 aliphatic heterocycles. The number of esters is 1. The van der Waals surface area contributed by atoms with Crippen LogP contribution in [0.15, 0.2) is 47.3 Å². The maximum atomic E-state index is 12.0. The molecule has 2 aromatic carbocycles. The van der Waals surface area contributed by atoms with E-state index in [4.69, 9.17) is 4.74 Å². The number of carbonyl (C=O) groups is 2. The summed E-state index contributed by atoms with van der Waals surface area (Å²) in [7, 11) is 0. The predicted octanol–water partition coefficient (Wildman–Crippen LogP) is 3.04. The normalized spacial score (nSPS) is 10.7. The summed E-state index contributed by atoms with van der Waals surface area (Å²) in [5, 5.41) is 3.24. The van der Waals surface area contributed by atoms with Crippen LogP contribution in [-0.2, 0) is 20.7 Å². The number of aromatic amines is 1. The van der Waals surface area contributed by atoms with E-state index in [1.807, 2.05) is 32.0 Å². The standard InChI is InChI=1S/C22H23N3O4/c1-14-10-11-16(12-15(14)2)23-20(26)13-29-21(27)9-5-8-19-24-18-7-4-3-6-17(18)22(28)25-19/h3-4,6-7,10-12H,5,8-9,13H2,1-2H3,(H,23,26)(H,24,25,28). The van der Waals surface area contributed by atoms with Crippen molar-refractivity contribution in [1.82, 2.24) is 9.97 Å². The van der Waals surface area contributed by atoms with E-state index in [0.717, 1.165) is 11.1 Å². The SMILES string of the molecule is Cc1ccc(NC(=O)COC(=O)CCCc2nc3ccccc3c(=O)[nH]2)cc1C. The number of carbonyl (C=O) groups excluding carboxylic acids is 2. The van der Waals surface area contributed by atoms with Gasteiger partial charge in [-0.2, -0.15) is 0 Å². The number of aryl methyl sites for hydroxylation is 3. The Kier molecular flexibility index (Phi) is 6.39. The van der Waals surface area contributed by atoms with E-state index in [9.17, 15) is 14.4 Å². The molecule has 3 aromatic rings. The fourth-order valence-electron chi connectivity index (χ4n) is 2.89. The Morgan fingerprint density at radius 3 is 2.69 bits per heavy atom. The second kappa shape index (κ2) is 9.14. The van der Waals surface area contributed by atoms with Crippen molar-refractivity contribution in [2.45, 2.75) is 33.1 Å². The summed E-state index contributed by atoms with van der Waals surface area (Å²) in [6.07, 6.45) is 1.02. The molecule has 29 heavy (non-hydrogen) atoms. The van der Waals surface area contributed by atoms with Gasteiger partial charge in [-0.25, -0.2) is 4.98 Å². The van der Waals surface area contributed by atoms with Crippen molar-refractivity contribution in [3.8, 4) is 0 Å². The van der Waals surface area contributed by atoms with Crippen molar-refractivity contribution in [2.75, 3.05) is 11.9 Å². The molecule has 7 heteroatoms. The zero-order valence-corrected chi connectivity index (χ0v) is 16.5. The Morgan fingerprint density at radius 2 is 1.90 bits per heavy atom. The van der Waals surface area contributed by atoms with Gasteiger partial charge in [-0.15, -0.1) is 0 Å². The molecule has 0 radical (unpaired) electrons. The van der Waals surface area contributed by atoms with E-state index in [2.05, 4.69) is 15.3 Å². The van der Waals surface area contributed by atoms with Crippen LogP contribution < -0.4 is 10.9 Å². The largest absolute Gasteiger partial charge is 0.456 e. The molecule has 0 aliphatic rings. The van der Waals surface area contributed by atoms with Crippen LogP contribution >= 0.6 is 0 Å². The van der Waals surface area contributed by atoms with Crippen LogP contribution in [0.4, 0.5) is 5.69 Å². The molecule has 0 saturated heterocycles. The van der Waals surface area contributed by atoms with Crippen LogP contribution in [0, 0.1) is 13.8 Å². The molecule has 1 amide bonds. The van der Waals surface area contributed by atoms with Crippen LogP contribution in [0.5, 0.6) is 0 Å². The topological polar surface area (TPSA) is 101 Å². The van der Waals surface area contributed by atoms with Gasteiger partial charge in [0, 0.05) is 18.5 Å². The van der Waals surface area contributed by atoms with Gasteiger partial charge in [-0.05, 0) is 55.7 Å². The van der Waals surface area contributed by atoms with E-state index < -0.39 is 5.97 Å². The molecule has 0 spiro atoms. The number of nitrogens with zero attached hydrogens (tertiary/aromatic N) is 1. The van der Waals surface area contributed by atoms with Crippen molar-refractivity contribution in [3.05, 3.63) is 69.8 Å². The summed E-state index contributed by atoms with van der Waals surface area (Å²) in [6.45, 7) is 3.62. The van der Waals surface area contributed by atoms with Crippen LogP contribution in [0.25, 0.3) is 10.9 Å². The lowest BCUT2D eigenvalue weighted by Crippen LogP contribution is -2.21. The van der Waals surface area contributed by atoms with Gasteiger partial charge in [-0.3, -0.25) is 14.4 Å². The first kappa shape index (κ1) is 20.3. The quantitative estimate of drug-likeness (QED) is 0.601. The number of para-hydroxylation sites is 1. The van der Waals surface area contributed by atoms with E-state index in [-0.39, 0.29) is 24.5 Å². The lowest BCUT2D eigenvalue weighted by Gasteiger charge is -2.08. The number of aromatic nitrogens is 2. The van der Waals surface area contributed by atoms with Gasteiger partial charge in [0.1, 0.15) is 5.82 Å². The summed E-state index contributed by atoms with van der Waals surface area (Å²) in [5.74, 6) is -0.334. The molecule has 0 fully saturated rings. The Morgan fingerprint density at radius 1 is 1.10 bits per heavy atom. The summed E-state index contributed by atoms with van der Waals surface area (Å²) in [4.78, 5) is 43.0. The molecule has 7 nitrogen and oxygen atoms in total. The fourth-order valence-corrected chi connectivity index (χ4v) is 2.89. The van der Waals surface area contributed by atoms with Gasteiger partial charge in [0.15, 0.2) is 6.61 Å². The van der Waals surface area contributed by atoms with E-state index >= 15 is 0 Å². The minimum atomic E-state index is -0.469. The van der Waals surface area contributed by atoms with Gasteiger partial charge in [0.2, 0.25) is 0 Å². The van der Waals surface area contributed by atoms with E-state index in [1.165, 1.54) is 0 Å². The van der Waals surface area contributed by atoms with E-state index in [1.54, 1.807) is 24.3 Å². The number of fused-ring (bicyclic) bond motifs is 1. The van der Waals surface area contributed by atoms with Gasteiger partial charge < -0.3 is 15.0 Å². The monoisotopic (exact) mass is 393 g/mol. The van der Waals surface area contributed by atoms with Gasteiger partial charge in [0.05, 0.1) is 10.9 Å². The predicted molar refractivity (Wildman–Crippen MR) is 111 cm³/mol. The molecule has 0 unspecified atom stereocenters. The first-order chi connectivity index (χ1) is 13.9. The molecule has 2 N–H and O–H groups in total. The molecule has 3 rings (SSSR count). The minimum Gasteiger partial charge on any atom is -0.456 e. The van der Waals surface area contributed by atoms with Crippen molar-refractivity contribution >= 4 is 28.5 Å². The Hall–Kier alpha value is -3.48. The lowest BCUT2D eigenvalue weighted by molar-refractivity contribution is -0.147. The van der Waals surface area contributed by atoms with Gasteiger partial charge in [-0.1, -0.05) is 18.2 Å². The number of nitrogens with one attached hydrogen (secondary N) is 2. The molecular weight excluding hydrogens is 370 g/mol. The third kappa shape index (κ3) is 5.51. The Labute approximate surface area is 168 Å². The number of H-pyrrole nitrogens is 1. The van der Waals surface area contributed by atoms with E-state index in [0.29, 0.717) is 35.3 Å². The van der Waals surface area contributed by atoms with Gasteiger partial charge in [0.25, 0.3) is 11.5 Å². The molecule has 0 bridgehead atoms. The molecule has 1 aromatic heterocycles. The first-order valence-corrected chi connectivity index (χ1v) is 9.43. The van der Waals surface area contributed by atoms with Crippen LogP contribution in [0.2, 0.25) is 0 Å². The Bertz CT molecular complexity index is 1100. The minimum absolute atomic E-state index is 0.132. The summed E-state index contributed by atoms with van der Waals surface area (Å²) in [5.41, 5.74) is 3.30. The highest BCUT2D eigenvalue weighted by molar-refractivity contribution is 5.92. The average molecular weight is 393 g/mol. The highest BCUT2D eigenvalue weighted by Crippen LogP contribution is 2.14. The number of hydrogen-bond donors (Lipinski definition) is 2. The number of rotatable bonds is 7. The second-order valence-corrected chi connectivity index (χ2v) is 6.89. The average Bonchev–Trinajstić information content (AvgIpc) is 2.69. The first-order valence-electron chi connectivity index (χ1n) is 9.43. The number of benzene rings is 2. The maximum Gasteiger partial charge on any atom is 0.306 e. The number of hydrogen-bond acceptors (Lipinski definition) is 5. The highest BCUT2D eigenvalue weighted by atomic mass is 16.5. The Balaban J connectivity index is 1.43. The van der Waals surface area contributed by atoms with Gasteiger partial charge >= 0.3 is 5.97 Å². The molecule has 0 saturated carbocycles. The molecular formula is C22H23N3O4. The zero-order valence-electron chi connectivity index (χ0n) is 16.5.